The molecule has 1 saturated carbocycles. The van der Waals surface area contributed by atoms with Gasteiger partial charge in [-0.05, 0) is 33.6 Å². The first kappa shape index (κ1) is 16.7. The highest BCUT2D eigenvalue weighted by molar-refractivity contribution is 5.89. The summed E-state index contributed by atoms with van der Waals surface area (Å²) < 4.78 is 5.75. The maximum Gasteiger partial charge on any atom is 0.225 e. The van der Waals surface area contributed by atoms with Crippen molar-refractivity contribution in [1.29, 1.82) is 0 Å². The number of hydrogen-bond donors (Lipinski definition) is 1. The summed E-state index contributed by atoms with van der Waals surface area (Å²) in [5.41, 5.74) is 0. The van der Waals surface area contributed by atoms with Crippen molar-refractivity contribution >= 4 is 11.8 Å². The lowest BCUT2D eigenvalue weighted by atomic mass is 10.1. The second-order valence-corrected chi connectivity index (χ2v) is 7.48. The van der Waals surface area contributed by atoms with Crippen LogP contribution >= 0.6 is 0 Å². The van der Waals surface area contributed by atoms with Crippen LogP contribution in [0.15, 0.2) is 0 Å². The fourth-order valence-corrected chi connectivity index (χ4v) is 3.75. The van der Waals surface area contributed by atoms with Crippen molar-refractivity contribution in [2.24, 2.45) is 5.92 Å². The molecule has 1 aliphatic carbocycles. The van der Waals surface area contributed by atoms with Gasteiger partial charge in [-0.25, -0.2) is 0 Å². The average Bonchev–Trinajstić information content (AvgIpc) is 3.26. The molecule has 23 heavy (non-hydrogen) atoms. The Balaban J connectivity index is 1.44. The Labute approximate surface area is 138 Å². The van der Waals surface area contributed by atoms with Crippen molar-refractivity contribution < 1.29 is 14.3 Å². The molecule has 2 heterocycles. The minimum absolute atomic E-state index is 0.0303. The van der Waals surface area contributed by atoms with Gasteiger partial charge in [-0.1, -0.05) is 0 Å². The second kappa shape index (κ2) is 6.77. The third kappa shape index (κ3) is 4.04. The summed E-state index contributed by atoms with van der Waals surface area (Å²) in [7, 11) is 0. The zero-order chi connectivity index (χ0) is 16.6. The Morgan fingerprint density at radius 1 is 1.26 bits per heavy atom. The number of likely N-dealkylation sites (tertiary alicyclic amines) is 1. The molecule has 3 rings (SSSR count). The van der Waals surface area contributed by atoms with Crippen LogP contribution in [-0.4, -0.2) is 72.1 Å². The van der Waals surface area contributed by atoms with E-state index in [0.29, 0.717) is 25.6 Å². The normalized spacial score (nSPS) is 33.8. The molecule has 6 nitrogen and oxygen atoms in total. The largest absolute Gasteiger partial charge is 0.373 e. The third-order valence-corrected chi connectivity index (χ3v) is 5.16. The van der Waals surface area contributed by atoms with Gasteiger partial charge in [-0.3, -0.25) is 14.5 Å². The summed E-state index contributed by atoms with van der Waals surface area (Å²) in [6, 6.07) is 0.694. The minimum atomic E-state index is -0.169. The molecule has 1 N–H and O–H groups in total. The van der Waals surface area contributed by atoms with Crippen LogP contribution in [0.25, 0.3) is 0 Å². The monoisotopic (exact) mass is 323 g/mol. The van der Waals surface area contributed by atoms with Gasteiger partial charge in [0.1, 0.15) is 0 Å². The molecule has 0 bridgehead atoms. The quantitative estimate of drug-likeness (QED) is 0.805. The van der Waals surface area contributed by atoms with Gasteiger partial charge in [0.2, 0.25) is 11.8 Å². The SMILES string of the molecule is C[C@@H]1CN([C@H](C)CNC(=O)[C@H]2CC(=O)N(C3CC3)C2)C[C@H](C)O1. The summed E-state index contributed by atoms with van der Waals surface area (Å²) in [4.78, 5) is 28.6. The molecule has 2 amide bonds. The summed E-state index contributed by atoms with van der Waals surface area (Å²) in [5, 5.41) is 3.05. The summed E-state index contributed by atoms with van der Waals surface area (Å²) in [6.07, 6.45) is 3.05. The molecule has 2 aliphatic heterocycles. The van der Waals surface area contributed by atoms with Crippen LogP contribution in [0.4, 0.5) is 0 Å². The summed E-state index contributed by atoms with van der Waals surface area (Å²) >= 11 is 0. The topological polar surface area (TPSA) is 61.9 Å². The van der Waals surface area contributed by atoms with E-state index in [-0.39, 0.29) is 36.0 Å². The van der Waals surface area contributed by atoms with Crippen molar-refractivity contribution in [3.8, 4) is 0 Å². The minimum Gasteiger partial charge on any atom is -0.373 e. The highest BCUT2D eigenvalue weighted by atomic mass is 16.5. The van der Waals surface area contributed by atoms with Crippen LogP contribution in [-0.2, 0) is 14.3 Å². The van der Waals surface area contributed by atoms with E-state index in [9.17, 15) is 9.59 Å². The maximum absolute atomic E-state index is 12.4. The van der Waals surface area contributed by atoms with Crippen LogP contribution in [0.3, 0.4) is 0 Å². The number of rotatable bonds is 5. The Morgan fingerprint density at radius 3 is 2.52 bits per heavy atom. The van der Waals surface area contributed by atoms with Crippen molar-refractivity contribution in [3.05, 3.63) is 0 Å². The fraction of sp³-hybridized carbons (Fsp3) is 0.882. The zero-order valence-corrected chi connectivity index (χ0v) is 14.5. The predicted octanol–water partition coefficient (Wildman–Crippen LogP) is 0.611. The molecule has 0 radical (unpaired) electrons. The number of amides is 2. The van der Waals surface area contributed by atoms with Crippen LogP contribution in [0.2, 0.25) is 0 Å². The molecule has 3 fully saturated rings. The number of nitrogens with one attached hydrogen (secondary N) is 1. The molecule has 0 unspecified atom stereocenters. The molecule has 0 aromatic heterocycles. The third-order valence-electron chi connectivity index (χ3n) is 5.16. The molecule has 4 atom stereocenters. The number of nitrogens with zero attached hydrogens (tertiary/aromatic N) is 2. The van der Waals surface area contributed by atoms with E-state index in [1.165, 1.54) is 0 Å². The van der Waals surface area contributed by atoms with E-state index in [4.69, 9.17) is 4.74 Å². The first-order valence-corrected chi connectivity index (χ1v) is 8.90. The molecule has 3 aliphatic rings. The van der Waals surface area contributed by atoms with E-state index < -0.39 is 0 Å². The van der Waals surface area contributed by atoms with Crippen molar-refractivity contribution in [2.45, 2.75) is 64.3 Å². The lowest BCUT2D eigenvalue weighted by Gasteiger charge is -2.39. The first-order valence-electron chi connectivity index (χ1n) is 8.90. The second-order valence-electron chi connectivity index (χ2n) is 7.48. The average molecular weight is 323 g/mol. The lowest BCUT2D eigenvalue weighted by Crippen LogP contribution is -2.52. The van der Waals surface area contributed by atoms with Crippen LogP contribution in [0, 0.1) is 5.92 Å². The van der Waals surface area contributed by atoms with E-state index in [1.807, 2.05) is 4.90 Å². The first-order chi connectivity index (χ1) is 10.9. The Bertz CT molecular complexity index is 456. The Hall–Kier alpha value is -1.14. The van der Waals surface area contributed by atoms with Gasteiger partial charge in [0.05, 0.1) is 18.1 Å². The number of ether oxygens (including phenoxy) is 1. The zero-order valence-electron chi connectivity index (χ0n) is 14.5. The van der Waals surface area contributed by atoms with E-state index in [0.717, 1.165) is 25.9 Å². The molecule has 0 spiro atoms. The van der Waals surface area contributed by atoms with E-state index in [2.05, 4.69) is 31.0 Å². The van der Waals surface area contributed by atoms with E-state index in [1.54, 1.807) is 0 Å². The van der Waals surface area contributed by atoms with Gasteiger partial charge >= 0.3 is 0 Å². The maximum atomic E-state index is 12.4. The highest BCUT2D eigenvalue weighted by Gasteiger charge is 2.41. The van der Waals surface area contributed by atoms with Crippen molar-refractivity contribution in [1.82, 2.24) is 15.1 Å². The standard InChI is InChI=1S/C17H29N3O3/c1-11(19-8-12(2)23-13(3)9-19)7-18-17(22)14-6-16(21)20(10-14)15-4-5-15/h11-15H,4-10H2,1-3H3,(H,18,22)/t11-,12-,13+,14+/m1/s1. The summed E-state index contributed by atoms with van der Waals surface area (Å²) in [6.45, 7) is 9.36. The Morgan fingerprint density at radius 2 is 1.91 bits per heavy atom. The molecular weight excluding hydrogens is 294 g/mol. The highest BCUT2D eigenvalue weighted by Crippen LogP contribution is 2.32. The van der Waals surface area contributed by atoms with Crippen molar-refractivity contribution in [2.75, 3.05) is 26.2 Å². The Kier molecular flexibility index (Phi) is 4.92. The molecule has 6 heteroatoms. The van der Waals surface area contributed by atoms with Gasteiger partial charge in [0.25, 0.3) is 0 Å². The number of morpholine rings is 1. The number of carbonyl (C=O) groups excluding carboxylic acids is 2. The van der Waals surface area contributed by atoms with Crippen LogP contribution < -0.4 is 5.32 Å². The molecule has 130 valence electrons. The van der Waals surface area contributed by atoms with Crippen molar-refractivity contribution in [3.63, 3.8) is 0 Å². The van der Waals surface area contributed by atoms with Gasteiger partial charge in [-0.2, -0.15) is 0 Å². The number of carbonyl (C=O) groups is 2. The fourth-order valence-electron chi connectivity index (χ4n) is 3.75. The molecule has 0 aromatic carbocycles. The molecular formula is C17H29N3O3. The number of hydrogen-bond acceptors (Lipinski definition) is 4. The molecule has 2 saturated heterocycles. The molecule has 0 aromatic rings. The summed E-state index contributed by atoms with van der Waals surface area (Å²) in [5.74, 6) is 0.0112. The van der Waals surface area contributed by atoms with Gasteiger partial charge in [0.15, 0.2) is 0 Å². The van der Waals surface area contributed by atoms with Gasteiger partial charge in [0, 0.05) is 44.7 Å². The van der Waals surface area contributed by atoms with Crippen LogP contribution in [0.5, 0.6) is 0 Å². The lowest BCUT2D eigenvalue weighted by molar-refractivity contribution is -0.129. The van der Waals surface area contributed by atoms with Crippen LogP contribution in [0.1, 0.15) is 40.0 Å². The van der Waals surface area contributed by atoms with Gasteiger partial charge < -0.3 is 15.0 Å². The van der Waals surface area contributed by atoms with Gasteiger partial charge in [-0.15, -0.1) is 0 Å². The smallest absolute Gasteiger partial charge is 0.225 e. The van der Waals surface area contributed by atoms with E-state index >= 15 is 0 Å². The predicted molar refractivity (Wildman–Crippen MR) is 86.9 cm³/mol.